The summed E-state index contributed by atoms with van der Waals surface area (Å²) in [5.41, 5.74) is 4.26. The van der Waals surface area contributed by atoms with Crippen molar-refractivity contribution in [2.45, 2.75) is 32.8 Å². The number of benzene rings is 2. The molecule has 2 aromatic carbocycles. The Morgan fingerprint density at radius 2 is 2.11 bits per heavy atom. The van der Waals surface area contributed by atoms with Gasteiger partial charge in [-0.15, -0.1) is 11.3 Å². The van der Waals surface area contributed by atoms with Crippen LogP contribution in [-0.4, -0.2) is 22.7 Å². The first-order valence-electron chi connectivity index (χ1n) is 9.15. The lowest BCUT2D eigenvalue weighted by molar-refractivity contribution is -0.137. The van der Waals surface area contributed by atoms with E-state index in [2.05, 4.69) is 19.1 Å². The Bertz CT molecular complexity index is 1030. The Labute approximate surface area is 167 Å². The van der Waals surface area contributed by atoms with Crippen molar-refractivity contribution >= 4 is 17.3 Å². The van der Waals surface area contributed by atoms with Gasteiger partial charge in [0.05, 0.1) is 23.6 Å². The number of carbonyl (C=O) groups is 1. The van der Waals surface area contributed by atoms with Crippen LogP contribution in [-0.2, 0) is 11.4 Å². The van der Waals surface area contributed by atoms with Crippen molar-refractivity contribution in [3.63, 3.8) is 0 Å². The highest BCUT2D eigenvalue weighted by Gasteiger charge is 2.26. The largest absolute Gasteiger partial charge is 0.492 e. The quantitative estimate of drug-likeness (QED) is 0.639. The zero-order valence-electron chi connectivity index (χ0n) is 15.8. The highest BCUT2D eigenvalue weighted by Crippen LogP contribution is 2.38. The van der Waals surface area contributed by atoms with Gasteiger partial charge < -0.3 is 14.6 Å². The van der Waals surface area contributed by atoms with E-state index in [1.165, 1.54) is 5.56 Å². The van der Waals surface area contributed by atoms with Gasteiger partial charge in [-0.2, -0.15) is 0 Å². The second-order valence-electron chi connectivity index (χ2n) is 6.94. The monoisotopic (exact) mass is 395 g/mol. The first-order chi connectivity index (χ1) is 13.5. The molecule has 28 heavy (non-hydrogen) atoms. The minimum atomic E-state index is -0.813. The Morgan fingerprint density at radius 1 is 1.29 bits per heavy atom. The van der Waals surface area contributed by atoms with Crippen molar-refractivity contribution in [1.82, 2.24) is 4.98 Å². The summed E-state index contributed by atoms with van der Waals surface area (Å²) in [6, 6.07) is 13.9. The number of carboxylic acids is 1. The first kappa shape index (κ1) is 18.5. The zero-order valence-corrected chi connectivity index (χ0v) is 16.6. The average molecular weight is 395 g/mol. The summed E-state index contributed by atoms with van der Waals surface area (Å²) in [7, 11) is 0. The third-order valence-electron chi connectivity index (χ3n) is 4.92. The topological polar surface area (TPSA) is 68.7 Å². The molecule has 3 aromatic rings. The van der Waals surface area contributed by atoms with Crippen LogP contribution >= 0.6 is 11.3 Å². The summed E-state index contributed by atoms with van der Waals surface area (Å²) in [6.45, 7) is 4.93. The smallest absolute Gasteiger partial charge is 0.304 e. The number of fused-ring (bicyclic) bond motifs is 1. The number of aryl methyl sites for hydroxylation is 2. The molecule has 0 bridgehead atoms. The summed E-state index contributed by atoms with van der Waals surface area (Å²) < 4.78 is 11.6. The molecule has 1 N–H and O–H groups in total. The number of rotatable bonds is 6. The second kappa shape index (κ2) is 7.64. The van der Waals surface area contributed by atoms with Crippen LogP contribution in [0.1, 0.15) is 34.0 Å². The predicted octanol–water partition coefficient (Wildman–Crippen LogP) is 4.96. The normalized spacial score (nSPS) is 15.1. The molecule has 1 aliphatic rings. The molecular formula is C22H21NO4S. The van der Waals surface area contributed by atoms with Crippen molar-refractivity contribution in [2.24, 2.45) is 0 Å². The Morgan fingerprint density at radius 3 is 2.89 bits per heavy atom. The Hall–Kier alpha value is -2.86. The molecule has 1 aromatic heterocycles. The van der Waals surface area contributed by atoms with Crippen LogP contribution in [0.15, 0.2) is 42.5 Å². The van der Waals surface area contributed by atoms with Crippen LogP contribution in [0.5, 0.6) is 11.5 Å². The van der Waals surface area contributed by atoms with Crippen molar-refractivity contribution in [2.75, 3.05) is 6.61 Å². The zero-order chi connectivity index (χ0) is 19.7. The van der Waals surface area contributed by atoms with E-state index in [9.17, 15) is 4.79 Å². The second-order valence-corrected chi connectivity index (χ2v) is 8.02. The van der Waals surface area contributed by atoms with Gasteiger partial charge in [-0.05, 0) is 25.5 Å². The van der Waals surface area contributed by atoms with E-state index in [-0.39, 0.29) is 12.3 Å². The number of hydrogen-bond acceptors (Lipinski definition) is 5. The molecule has 5 nitrogen and oxygen atoms in total. The van der Waals surface area contributed by atoms with Gasteiger partial charge in [0.1, 0.15) is 23.1 Å². The molecular weight excluding hydrogens is 374 g/mol. The number of ether oxygens (including phenoxy) is 2. The highest BCUT2D eigenvalue weighted by atomic mass is 32.1. The number of carboxylic acid groups (broad SMARTS) is 1. The van der Waals surface area contributed by atoms with Gasteiger partial charge in [-0.1, -0.05) is 30.3 Å². The van der Waals surface area contributed by atoms with E-state index in [0.29, 0.717) is 24.7 Å². The van der Waals surface area contributed by atoms with Crippen LogP contribution in [0, 0.1) is 13.8 Å². The molecule has 1 unspecified atom stereocenters. The average Bonchev–Trinajstić information content (AvgIpc) is 3.23. The maximum Gasteiger partial charge on any atom is 0.304 e. The highest BCUT2D eigenvalue weighted by molar-refractivity contribution is 7.15. The molecule has 0 saturated heterocycles. The SMILES string of the molecule is Cc1ccccc1-c1nc(C)c(COc2ccc3c(c2)OCC3CC(=O)O)s1. The lowest BCUT2D eigenvalue weighted by Gasteiger charge is -2.08. The molecule has 1 aliphatic heterocycles. The molecule has 144 valence electrons. The standard InChI is InChI=1S/C22H21NO4S/c1-13-5-3-4-6-17(13)22-23-14(2)20(28-22)12-26-16-7-8-18-15(9-21(24)25)11-27-19(18)10-16/h3-8,10,15H,9,11-12H2,1-2H3,(H,24,25). The van der Waals surface area contributed by atoms with Crippen molar-refractivity contribution in [3.05, 3.63) is 64.2 Å². The van der Waals surface area contributed by atoms with E-state index >= 15 is 0 Å². The minimum Gasteiger partial charge on any atom is -0.492 e. The molecule has 2 heterocycles. The molecule has 1 atom stereocenters. The number of nitrogens with zero attached hydrogens (tertiary/aromatic N) is 1. The molecule has 0 fully saturated rings. The summed E-state index contributed by atoms with van der Waals surface area (Å²) in [6.07, 6.45) is 0.0783. The van der Waals surface area contributed by atoms with Crippen LogP contribution < -0.4 is 9.47 Å². The fraction of sp³-hybridized carbons (Fsp3) is 0.273. The Balaban J connectivity index is 1.47. The lowest BCUT2D eigenvalue weighted by Crippen LogP contribution is -2.07. The van der Waals surface area contributed by atoms with Crippen molar-refractivity contribution < 1.29 is 19.4 Å². The van der Waals surface area contributed by atoms with Gasteiger partial charge >= 0.3 is 5.97 Å². The molecule has 0 radical (unpaired) electrons. The van der Waals surface area contributed by atoms with E-state index in [4.69, 9.17) is 19.6 Å². The summed E-state index contributed by atoms with van der Waals surface area (Å²) >= 11 is 1.65. The van der Waals surface area contributed by atoms with Gasteiger partial charge in [0, 0.05) is 23.1 Å². The molecule has 0 amide bonds. The van der Waals surface area contributed by atoms with Crippen LogP contribution in [0.3, 0.4) is 0 Å². The number of aromatic nitrogens is 1. The number of thiazole rings is 1. The molecule has 0 saturated carbocycles. The molecule has 0 spiro atoms. The maximum atomic E-state index is 11.0. The van der Waals surface area contributed by atoms with Crippen LogP contribution in [0.2, 0.25) is 0 Å². The summed E-state index contributed by atoms with van der Waals surface area (Å²) in [5, 5.41) is 10.0. The first-order valence-corrected chi connectivity index (χ1v) is 9.96. The van der Waals surface area contributed by atoms with E-state index in [1.54, 1.807) is 11.3 Å². The third-order valence-corrected chi connectivity index (χ3v) is 6.09. The molecule has 0 aliphatic carbocycles. The summed E-state index contributed by atoms with van der Waals surface area (Å²) in [4.78, 5) is 16.8. The fourth-order valence-electron chi connectivity index (χ4n) is 3.37. The van der Waals surface area contributed by atoms with Gasteiger partial charge in [0.15, 0.2) is 0 Å². The number of hydrogen-bond donors (Lipinski definition) is 1. The molecule has 6 heteroatoms. The lowest BCUT2D eigenvalue weighted by atomic mass is 9.98. The van der Waals surface area contributed by atoms with Gasteiger partial charge in [0.2, 0.25) is 0 Å². The van der Waals surface area contributed by atoms with Crippen LogP contribution in [0.25, 0.3) is 10.6 Å². The fourth-order valence-corrected chi connectivity index (χ4v) is 4.43. The summed E-state index contributed by atoms with van der Waals surface area (Å²) in [5.74, 6) is 0.513. The van der Waals surface area contributed by atoms with E-state index in [0.717, 1.165) is 26.7 Å². The van der Waals surface area contributed by atoms with Crippen molar-refractivity contribution in [1.29, 1.82) is 0 Å². The van der Waals surface area contributed by atoms with Gasteiger partial charge in [-0.25, -0.2) is 4.98 Å². The minimum absolute atomic E-state index is 0.0783. The van der Waals surface area contributed by atoms with Crippen molar-refractivity contribution in [3.8, 4) is 22.1 Å². The Kier molecular flexibility index (Phi) is 5.05. The number of aliphatic carboxylic acids is 1. The maximum absolute atomic E-state index is 11.0. The predicted molar refractivity (Wildman–Crippen MR) is 108 cm³/mol. The van der Waals surface area contributed by atoms with Crippen LogP contribution in [0.4, 0.5) is 0 Å². The van der Waals surface area contributed by atoms with E-state index in [1.807, 2.05) is 37.3 Å². The van der Waals surface area contributed by atoms with Gasteiger partial charge in [0.25, 0.3) is 0 Å². The molecule has 4 rings (SSSR count). The third kappa shape index (κ3) is 3.73. The van der Waals surface area contributed by atoms with Gasteiger partial charge in [-0.3, -0.25) is 4.79 Å². The van der Waals surface area contributed by atoms with E-state index < -0.39 is 5.97 Å².